The van der Waals surface area contributed by atoms with E-state index in [2.05, 4.69) is 21.5 Å². The molecule has 0 radical (unpaired) electrons. The summed E-state index contributed by atoms with van der Waals surface area (Å²) in [5.41, 5.74) is 1.47. The largest absolute Gasteiger partial charge is 0.379 e. The van der Waals surface area contributed by atoms with Gasteiger partial charge in [0.05, 0.1) is 18.8 Å². The van der Waals surface area contributed by atoms with Gasteiger partial charge in [-0.05, 0) is 37.8 Å². The fraction of sp³-hybridized carbons (Fsp3) is 0.778. The molecule has 0 aliphatic carbocycles. The van der Waals surface area contributed by atoms with Gasteiger partial charge in [0.15, 0.2) is 0 Å². The number of carbonyl (C=O) groups excluding carboxylic acids is 1. The quantitative estimate of drug-likeness (QED) is 0.908. The van der Waals surface area contributed by atoms with Crippen molar-refractivity contribution in [3.63, 3.8) is 0 Å². The maximum absolute atomic E-state index is 12.2. The van der Waals surface area contributed by atoms with E-state index >= 15 is 0 Å². The highest BCUT2D eigenvalue weighted by Gasteiger charge is 2.44. The number of hydrogen-bond donors (Lipinski definition) is 1. The van der Waals surface area contributed by atoms with Crippen LogP contribution in [0.1, 0.15) is 38.7 Å². The highest BCUT2D eigenvalue weighted by Crippen LogP contribution is 2.41. The van der Waals surface area contributed by atoms with Gasteiger partial charge in [-0.3, -0.25) is 14.4 Å². The van der Waals surface area contributed by atoms with Gasteiger partial charge in [0, 0.05) is 37.9 Å². The van der Waals surface area contributed by atoms with E-state index in [-0.39, 0.29) is 23.3 Å². The predicted molar refractivity (Wildman–Crippen MR) is 92.4 cm³/mol. The van der Waals surface area contributed by atoms with Crippen LogP contribution < -0.4 is 5.32 Å². The van der Waals surface area contributed by atoms with Crippen molar-refractivity contribution in [3.05, 3.63) is 18.0 Å². The van der Waals surface area contributed by atoms with Crippen LogP contribution in [-0.2, 0) is 23.1 Å². The number of aryl methyl sites for hydroxylation is 1. The summed E-state index contributed by atoms with van der Waals surface area (Å²) in [7, 11) is 1.96. The van der Waals surface area contributed by atoms with Crippen LogP contribution in [0.25, 0.3) is 0 Å². The Morgan fingerprint density at radius 1 is 1.42 bits per heavy atom. The molecule has 0 bridgehead atoms. The third-order valence-corrected chi connectivity index (χ3v) is 5.63. The minimum atomic E-state index is 0.0228. The van der Waals surface area contributed by atoms with Crippen molar-refractivity contribution < 1.29 is 9.53 Å². The smallest absolute Gasteiger partial charge is 0.222 e. The summed E-state index contributed by atoms with van der Waals surface area (Å²) < 4.78 is 7.53. The van der Waals surface area contributed by atoms with Gasteiger partial charge >= 0.3 is 0 Å². The van der Waals surface area contributed by atoms with Crippen molar-refractivity contribution in [1.29, 1.82) is 0 Å². The Morgan fingerprint density at radius 2 is 2.17 bits per heavy atom. The molecule has 6 nitrogen and oxygen atoms in total. The van der Waals surface area contributed by atoms with Crippen molar-refractivity contribution in [2.75, 3.05) is 26.3 Å². The standard InChI is InChI=1S/C18H30N4O2/c1-14(2)17(23)20-16-13-24-9-6-18(16)4-7-22(8-5-18)12-15-10-19-21(3)11-15/h10-11,14,16H,4-9,12-13H2,1-3H3,(H,20,23)/t16-/m0/s1. The summed E-state index contributed by atoms with van der Waals surface area (Å²) in [6.45, 7) is 8.47. The lowest BCUT2D eigenvalue weighted by Crippen LogP contribution is -2.58. The number of hydrogen-bond acceptors (Lipinski definition) is 4. The molecular formula is C18H30N4O2. The molecule has 1 aromatic heterocycles. The second-order valence-electron chi connectivity index (χ2n) is 7.70. The maximum atomic E-state index is 12.2. The first-order valence-corrected chi connectivity index (χ1v) is 9.06. The van der Waals surface area contributed by atoms with Gasteiger partial charge in [-0.2, -0.15) is 5.10 Å². The van der Waals surface area contributed by atoms with Crippen molar-refractivity contribution >= 4 is 5.91 Å². The van der Waals surface area contributed by atoms with Gasteiger partial charge < -0.3 is 10.1 Å². The molecule has 0 aromatic carbocycles. The van der Waals surface area contributed by atoms with Crippen molar-refractivity contribution in [3.8, 4) is 0 Å². The molecule has 1 aromatic rings. The van der Waals surface area contributed by atoms with E-state index in [9.17, 15) is 4.79 Å². The van der Waals surface area contributed by atoms with Crippen LogP contribution in [0.3, 0.4) is 0 Å². The third-order valence-electron chi connectivity index (χ3n) is 5.63. The average molecular weight is 334 g/mol. The summed E-state index contributed by atoms with van der Waals surface area (Å²) in [5.74, 6) is 0.164. The monoisotopic (exact) mass is 334 g/mol. The van der Waals surface area contributed by atoms with Gasteiger partial charge in [-0.25, -0.2) is 0 Å². The van der Waals surface area contributed by atoms with Crippen LogP contribution >= 0.6 is 0 Å². The topological polar surface area (TPSA) is 59.4 Å². The van der Waals surface area contributed by atoms with E-state index in [0.29, 0.717) is 6.61 Å². The summed E-state index contributed by atoms with van der Waals surface area (Å²) in [5, 5.41) is 7.50. The van der Waals surface area contributed by atoms with Gasteiger partial charge in [0.1, 0.15) is 0 Å². The maximum Gasteiger partial charge on any atom is 0.222 e. The molecule has 1 atom stereocenters. The Kier molecular flexibility index (Phi) is 5.25. The van der Waals surface area contributed by atoms with E-state index < -0.39 is 0 Å². The van der Waals surface area contributed by atoms with Gasteiger partial charge in [0.25, 0.3) is 0 Å². The van der Waals surface area contributed by atoms with Crippen molar-refractivity contribution in [2.24, 2.45) is 18.4 Å². The first-order valence-electron chi connectivity index (χ1n) is 9.06. The highest BCUT2D eigenvalue weighted by atomic mass is 16.5. The predicted octanol–water partition coefficient (Wildman–Crippen LogP) is 1.56. The lowest BCUT2D eigenvalue weighted by atomic mass is 9.69. The molecule has 24 heavy (non-hydrogen) atoms. The van der Waals surface area contributed by atoms with Crippen LogP contribution in [0.5, 0.6) is 0 Å². The third kappa shape index (κ3) is 3.81. The first-order chi connectivity index (χ1) is 11.5. The zero-order chi connectivity index (χ0) is 17.2. The molecule has 1 N–H and O–H groups in total. The van der Waals surface area contributed by atoms with E-state index in [1.165, 1.54) is 5.56 Å². The van der Waals surface area contributed by atoms with Crippen LogP contribution in [0, 0.1) is 11.3 Å². The Balaban J connectivity index is 1.60. The molecule has 2 aliphatic heterocycles. The summed E-state index contributed by atoms with van der Waals surface area (Å²) >= 11 is 0. The molecule has 3 heterocycles. The van der Waals surface area contributed by atoms with Crippen LogP contribution in [0.2, 0.25) is 0 Å². The number of ether oxygens (including phenoxy) is 1. The Morgan fingerprint density at radius 3 is 2.79 bits per heavy atom. The molecule has 6 heteroatoms. The zero-order valence-corrected chi connectivity index (χ0v) is 15.1. The average Bonchev–Trinajstić information content (AvgIpc) is 2.97. The molecule has 1 spiro atoms. The van der Waals surface area contributed by atoms with Gasteiger partial charge in [-0.1, -0.05) is 13.8 Å². The van der Waals surface area contributed by atoms with Crippen molar-refractivity contribution in [2.45, 2.75) is 45.7 Å². The molecule has 134 valence electrons. The Hall–Kier alpha value is -1.40. The summed E-state index contributed by atoms with van der Waals surface area (Å²) in [6.07, 6.45) is 7.34. The van der Waals surface area contributed by atoms with E-state index in [1.807, 2.05) is 31.8 Å². The molecule has 2 fully saturated rings. The second-order valence-corrected chi connectivity index (χ2v) is 7.70. The minimum absolute atomic E-state index is 0.0228. The lowest BCUT2D eigenvalue weighted by Gasteiger charge is -2.49. The fourth-order valence-corrected chi connectivity index (χ4v) is 3.93. The van der Waals surface area contributed by atoms with Crippen molar-refractivity contribution in [1.82, 2.24) is 20.0 Å². The number of rotatable bonds is 4. The minimum Gasteiger partial charge on any atom is -0.379 e. The number of nitrogens with one attached hydrogen (secondary N) is 1. The molecule has 1 amide bonds. The molecule has 0 saturated carbocycles. The number of likely N-dealkylation sites (tertiary alicyclic amines) is 1. The van der Waals surface area contributed by atoms with Crippen LogP contribution in [-0.4, -0.2) is 52.9 Å². The van der Waals surface area contributed by atoms with Gasteiger partial charge in [0.2, 0.25) is 5.91 Å². The number of nitrogens with zero attached hydrogens (tertiary/aromatic N) is 3. The first kappa shape index (κ1) is 17.4. The Labute approximate surface area is 144 Å². The summed E-state index contributed by atoms with van der Waals surface area (Å²) in [4.78, 5) is 14.7. The van der Waals surface area contributed by atoms with Crippen LogP contribution in [0.4, 0.5) is 0 Å². The summed E-state index contributed by atoms with van der Waals surface area (Å²) in [6, 6.07) is 0.154. The Bertz CT molecular complexity index is 561. The molecule has 2 saturated heterocycles. The molecule has 3 rings (SSSR count). The number of carbonyl (C=O) groups is 1. The van der Waals surface area contributed by atoms with E-state index in [4.69, 9.17) is 4.74 Å². The van der Waals surface area contributed by atoms with E-state index in [1.54, 1.807) is 0 Å². The molecule has 2 aliphatic rings. The lowest BCUT2D eigenvalue weighted by molar-refractivity contribution is -0.129. The number of aromatic nitrogens is 2. The normalized spacial score (nSPS) is 24.4. The zero-order valence-electron chi connectivity index (χ0n) is 15.1. The van der Waals surface area contributed by atoms with Gasteiger partial charge in [-0.15, -0.1) is 0 Å². The van der Waals surface area contributed by atoms with Crippen LogP contribution in [0.15, 0.2) is 12.4 Å². The molecule has 0 unspecified atom stereocenters. The van der Waals surface area contributed by atoms with E-state index in [0.717, 1.165) is 45.5 Å². The SMILES string of the molecule is CC(C)C(=O)N[C@H]1COCCC12CCN(Cc1cnn(C)c1)CC2. The molecular weight excluding hydrogens is 304 g/mol. The fourth-order valence-electron chi connectivity index (χ4n) is 3.93. The number of piperidine rings is 1. The highest BCUT2D eigenvalue weighted by molar-refractivity contribution is 5.78. The number of amides is 1. The second kappa shape index (κ2) is 7.23.